The Morgan fingerprint density at radius 3 is 3.00 bits per heavy atom. The van der Waals surface area contributed by atoms with Crippen LogP contribution in [0.1, 0.15) is 24.6 Å². The number of nitrogens with two attached hydrogens (primary N) is 1. The number of nitrogens with zero attached hydrogens (tertiary/aromatic N) is 6. The second-order valence-electron chi connectivity index (χ2n) is 5.10. The Hall–Kier alpha value is -2.70. The minimum absolute atomic E-state index is 0.225. The number of pyridine rings is 1. The molecular weight excluding hydrogens is 266 g/mol. The molecular formula is C14H15N7. The van der Waals surface area contributed by atoms with Crippen molar-refractivity contribution in [2.24, 2.45) is 0 Å². The highest BCUT2D eigenvalue weighted by Crippen LogP contribution is 2.35. The van der Waals surface area contributed by atoms with E-state index >= 15 is 0 Å². The first-order chi connectivity index (χ1) is 10.3. The second kappa shape index (κ2) is 4.69. The molecule has 106 valence electrons. The summed E-state index contributed by atoms with van der Waals surface area (Å²) in [6.45, 7) is 0.931. The summed E-state index contributed by atoms with van der Waals surface area (Å²) < 4.78 is 1.67. The van der Waals surface area contributed by atoms with Crippen LogP contribution in [-0.4, -0.2) is 31.1 Å². The molecule has 3 aromatic heterocycles. The first kappa shape index (κ1) is 12.1. The Morgan fingerprint density at radius 2 is 2.14 bits per heavy atom. The van der Waals surface area contributed by atoms with Crippen LogP contribution in [-0.2, 0) is 0 Å². The van der Waals surface area contributed by atoms with Gasteiger partial charge in [-0.25, -0.2) is 9.50 Å². The van der Waals surface area contributed by atoms with Gasteiger partial charge >= 0.3 is 0 Å². The Labute approximate surface area is 121 Å². The van der Waals surface area contributed by atoms with Gasteiger partial charge in [-0.3, -0.25) is 4.98 Å². The number of fused-ring (bicyclic) bond motifs is 1. The Bertz CT molecular complexity index is 767. The monoisotopic (exact) mass is 281 g/mol. The highest BCUT2D eigenvalue weighted by atomic mass is 15.4. The van der Waals surface area contributed by atoms with Gasteiger partial charge in [-0.05, 0) is 25.0 Å². The fourth-order valence-electron chi connectivity index (χ4n) is 2.92. The summed E-state index contributed by atoms with van der Waals surface area (Å²) >= 11 is 0. The molecule has 0 bridgehead atoms. The summed E-state index contributed by atoms with van der Waals surface area (Å²) in [5.41, 5.74) is 7.46. The van der Waals surface area contributed by atoms with Crippen molar-refractivity contribution in [1.82, 2.24) is 24.6 Å². The third-order valence-electron chi connectivity index (χ3n) is 3.81. The van der Waals surface area contributed by atoms with Crippen molar-refractivity contribution >= 4 is 17.4 Å². The number of nitrogen functional groups attached to an aromatic ring is 1. The van der Waals surface area contributed by atoms with E-state index in [4.69, 9.17) is 5.73 Å². The first-order valence-electron chi connectivity index (χ1n) is 6.97. The predicted octanol–water partition coefficient (Wildman–Crippen LogP) is 1.44. The lowest BCUT2D eigenvalue weighted by Crippen LogP contribution is -2.25. The number of rotatable bonds is 2. The lowest BCUT2D eigenvalue weighted by atomic mass is 10.1. The molecule has 0 amide bonds. The van der Waals surface area contributed by atoms with Gasteiger partial charge in [0.1, 0.15) is 0 Å². The van der Waals surface area contributed by atoms with E-state index in [2.05, 4.69) is 31.0 Å². The van der Waals surface area contributed by atoms with Crippen molar-refractivity contribution in [2.45, 2.75) is 18.9 Å². The van der Waals surface area contributed by atoms with Crippen LogP contribution in [0.3, 0.4) is 0 Å². The van der Waals surface area contributed by atoms with E-state index in [1.807, 2.05) is 18.3 Å². The van der Waals surface area contributed by atoms with Gasteiger partial charge in [-0.2, -0.15) is 4.98 Å². The average molecular weight is 281 g/mol. The summed E-state index contributed by atoms with van der Waals surface area (Å²) in [5.74, 6) is 1.08. The van der Waals surface area contributed by atoms with E-state index in [0.717, 1.165) is 30.9 Å². The van der Waals surface area contributed by atoms with E-state index in [9.17, 15) is 0 Å². The molecule has 0 radical (unpaired) electrons. The van der Waals surface area contributed by atoms with Crippen LogP contribution in [0.4, 0.5) is 11.8 Å². The van der Waals surface area contributed by atoms with Gasteiger partial charge in [0.2, 0.25) is 5.95 Å². The Kier molecular flexibility index (Phi) is 2.70. The zero-order chi connectivity index (χ0) is 14.2. The largest absolute Gasteiger partial charge is 0.366 e. The van der Waals surface area contributed by atoms with Gasteiger partial charge in [0, 0.05) is 25.1 Å². The molecule has 4 rings (SSSR count). The standard InChI is InChI=1S/C14H15N7/c15-14-18-13-12(17-7-9-21(13)19-14)20-8-3-5-11(20)10-4-1-2-6-16-10/h1-2,4,6-7,9,11H,3,5,8H2,(H2,15,19)/t11-/m1/s1. The maximum atomic E-state index is 5.70. The normalized spacial score (nSPS) is 18.5. The van der Waals surface area contributed by atoms with E-state index in [-0.39, 0.29) is 12.0 Å². The first-order valence-corrected chi connectivity index (χ1v) is 6.97. The molecule has 4 heterocycles. The Morgan fingerprint density at radius 1 is 1.19 bits per heavy atom. The molecule has 21 heavy (non-hydrogen) atoms. The highest BCUT2D eigenvalue weighted by molar-refractivity contribution is 5.66. The molecule has 0 saturated carbocycles. The van der Waals surface area contributed by atoms with Crippen LogP contribution in [0, 0.1) is 0 Å². The van der Waals surface area contributed by atoms with Gasteiger partial charge in [0.05, 0.1) is 11.7 Å². The highest BCUT2D eigenvalue weighted by Gasteiger charge is 2.30. The summed E-state index contributed by atoms with van der Waals surface area (Å²) in [7, 11) is 0. The van der Waals surface area contributed by atoms with Crippen molar-refractivity contribution in [3.05, 3.63) is 42.5 Å². The summed E-state index contributed by atoms with van der Waals surface area (Å²) in [5, 5.41) is 4.14. The zero-order valence-electron chi connectivity index (χ0n) is 11.4. The smallest absolute Gasteiger partial charge is 0.240 e. The third kappa shape index (κ3) is 1.97. The SMILES string of the molecule is Nc1nc2c(N3CCC[C@@H]3c3ccccn3)nccn2n1. The number of aromatic nitrogens is 5. The maximum Gasteiger partial charge on any atom is 0.240 e. The van der Waals surface area contributed by atoms with Crippen LogP contribution in [0.5, 0.6) is 0 Å². The van der Waals surface area contributed by atoms with Crippen molar-refractivity contribution < 1.29 is 0 Å². The molecule has 2 N–H and O–H groups in total. The van der Waals surface area contributed by atoms with Crippen LogP contribution in [0.15, 0.2) is 36.8 Å². The molecule has 3 aromatic rings. The lowest BCUT2D eigenvalue weighted by molar-refractivity contribution is 0.687. The van der Waals surface area contributed by atoms with Gasteiger partial charge in [-0.1, -0.05) is 6.07 Å². The fraction of sp³-hybridized carbons (Fsp3) is 0.286. The molecule has 1 aliphatic rings. The summed E-state index contributed by atoms with van der Waals surface area (Å²) in [4.78, 5) is 15.5. The van der Waals surface area contributed by atoms with Gasteiger partial charge in [0.25, 0.3) is 0 Å². The number of anilines is 2. The van der Waals surface area contributed by atoms with Crippen molar-refractivity contribution in [1.29, 1.82) is 0 Å². The van der Waals surface area contributed by atoms with Crippen LogP contribution in [0.2, 0.25) is 0 Å². The van der Waals surface area contributed by atoms with Crippen molar-refractivity contribution in [3.63, 3.8) is 0 Å². The molecule has 0 unspecified atom stereocenters. The average Bonchev–Trinajstić information content (AvgIpc) is 3.12. The quantitative estimate of drug-likeness (QED) is 0.765. The van der Waals surface area contributed by atoms with Crippen molar-refractivity contribution in [2.75, 3.05) is 17.2 Å². The van der Waals surface area contributed by atoms with E-state index in [1.165, 1.54) is 0 Å². The van der Waals surface area contributed by atoms with Gasteiger partial charge < -0.3 is 10.6 Å². The van der Waals surface area contributed by atoms with Crippen LogP contribution < -0.4 is 10.6 Å². The molecule has 1 fully saturated rings. The van der Waals surface area contributed by atoms with Gasteiger partial charge in [-0.15, -0.1) is 5.10 Å². The maximum absolute atomic E-state index is 5.70. The molecule has 0 aromatic carbocycles. The predicted molar refractivity (Wildman–Crippen MR) is 78.8 cm³/mol. The number of hydrogen-bond acceptors (Lipinski definition) is 6. The third-order valence-corrected chi connectivity index (χ3v) is 3.81. The molecule has 1 aliphatic heterocycles. The van der Waals surface area contributed by atoms with Gasteiger partial charge in [0.15, 0.2) is 11.5 Å². The van der Waals surface area contributed by atoms with Crippen molar-refractivity contribution in [3.8, 4) is 0 Å². The molecule has 7 heteroatoms. The molecule has 0 aliphatic carbocycles. The lowest BCUT2D eigenvalue weighted by Gasteiger charge is -2.25. The molecule has 1 atom stereocenters. The van der Waals surface area contributed by atoms with Crippen LogP contribution in [0.25, 0.3) is 5.65 Å². The molecule has 1 saturated heterocycles. The minimum Gasteiger partial charge on any atom is -0.366 e. The topological polar surface area (TPSA) is 85.2 Å². The Balaban J connectivity index is 1.80. The summed E-state index contributed by atoms with van der Waals surface area (Å²) in [6.07, 6.45) is 7.48. The van der Waals surface area contributed by atoms with Crippen LogP contribution >= 0.6 is 0 Å². The minimum atomic E-state index is 0.225. The second-order valence-corrected chi connectivity index (χ2v) is 5.10. The molecule has 0 spiro atoms. The van der Waals surface area contributed by atoms with E-state index in [1.54, 1.807) is 16.9 Å². The molecule has 7 nitrogen and oxygen atoms in total. The summed E-state index contributed by atoms with van der Waals surface area (Å²) in [6, 6.07) is 6.23. The fourth-order valence-corrected chi connectivity index (χ4v) is 2.92. The number of hydrogen-bond donors (Lipinski definition) is 1. The van der Waals surface area contributed by atoms with E-state index in [0.29, 0.717) is 5.65 Å². The zero-order valence-corrected chi connectivity index (χ0v) is 11.4. The van der Waals surface area contributed by atoms with E-state index < -0.39 is 0 Å².